The first-order valence-corrected chi connectivity index (χ1v) is 13.9. The minimum absolute atomic E-state index is 0.0506. The van der Waals surface area contributed by atoms with Gasteiger partial charge in [0.1, 0.15) is 11.9 Å². The molecule has 3 amide bonds. The quantitative estimate of drug-likeness (QED) is 0.484. The summed E-state index contributed by atoms with van der Waals surface area (Å²) in [7, 11) is 3.03. The molecule has 1 aromatic carbocycles. The van der Waals surface area contributed by atoms with Crippen molar-refractivity contribution in [1.82, 2.24) is 15.5 Å². The number of piperazine rings is 1. The molecule has 3 heterocycles. The Morgan fingerprint density at radius 2 is 2.06 bits per heavy atom. The predicted molar refractivity (Wildman–Crippen MR) is 134 cm³/mol. The second kappa shape index (κ2) is 12.2. The van der Waals surface area contributed by atoms with Crippen LogP contribution in [0.2, 0.25) is 0 Å². The average Bonchev–Trinajstić information content (AvgIpc) is 3.24. The Hall–Kier alpha value is -2.22. The maximum absolute atomic E-state index is 15.2. The number of anilines is 2. The molecular weight excluding hydrogens is 497 g/mol. The predicted octanol–water partition coefficient (Wildman–Crippen LogP) is 1.26. The zero-order chi connectivity index (χ0) is 24.8. The van der Waals surface area contributed by atoms with Gasteiger partial charge in [-0.15, -0.1) is 0 Å². The minimum Gasteiger partial charge on any atom is -0.442 e. The number of carbonyl (C=O) groups is 3. The van der Waals surface area contributed by atoms with E-state index in [1.807, 2.05) is 9.80 Å². The fourth-order valence-electron chi connectivity index (χ4n) is 4.10. The number of nitrogens with one attached hydrogen (secondary N) is 2. The van der Waals surface area contributed by atoms with Gasteiger partial charge in [-0.2, -0.15) is 0 Å². The lowest BCUT2D eigenvalue weighted by molar-refractivity contribution is -0.132. The van der Waals surface area contributed by atoms with Gasteiger partial charge in [0.25, 0.3) is 0 Å². The first kappa shape index (κ1) is 25.9. The van der Waals surface area contributed by atoms with Crippen molar-refractivity contribution in [3.63, 3.8) is 0 Å². The summed E-state index contributed by atoms with van der Waals surface area (Å²) in [6, 6.07) is 4.73. The topological polar surface area (TPSA) is 103 Å². The summed E-state index contributed by atoms with van der Waals surface area (Å²) in [4.78, 5) is 41.0. The van der Waals surface area contributed by atoms with Crippen LogP contribution in [-0.2, 0) is 19.1 Å². The normalized spacial score (nSPS) is 22.8. The molecule has 3 saturated heterocycles. The van der Waals surface area contributed by atoms with Gasteiger partial charge in [-0.05, 0) is 18.2 Å². The van der Waals surface area contributed by atoms with Crippen molar-refractivity contribution in [3.05, 3.63) is 24.0 Å². The summed E-state index contributed by atoms with van der Waals surface area (Å²) in [6.45, 7) is 6.23. The third-order valence-electron chi connectivity index (χ3n) is 5.93. The number of morpholine rings is 1. The highest BCUT2D eigenvalue weighted by molar-refractivity contribution is 8.77. The van der Waals surface area contributed by atoms with Gasteiger partial charge >= 0.3 is 6.09 Å². The molecule has 192 valence electrons. The number of hydrogen-bond donors (Lipinski definition) is 2. The second-order valence-electron chi connectivity index (χ2n) is 8.39. The van der Waals surface area contributed by atoms with Gasteiger partial charge in [-0.25, -0.2) is 9.18 Å². The molecule has 0 radical (unpaired) electrons. The average molecular weight is 528 g/mol. The Kier molecular flexibility index (Phi) is 8.98. The highest BCUT2D eigenvalue weighted by Gasteiger charge is 2.33. The van der Waals surface area contributed by atoms with E-state index in [-0.39, 0.29) is 30.3 Å². The fraction of sp³-hybridized carbons (Fsp3) is 0.591. The molecule has 0 aliphatic carbocycles. The summed E-state index contributed by atoms with van der Waals surface area (Å²) in [6.07, 6.45) is -1.05. The van der Waals surface area contributed by atoms with Crippen molar-refractivity contribution in [2.45, 2.75) is 18.4 Å². The van der Waals surface area contributed by atoms with Crippen molar-refractivity contribution in [2.24, 2.45) is 0 Å². The highest BCUT2D eigenvalue weighted by Crippen LogP contribution is 2.35. The zero-order valence-electron chi connectivity index (χ0n) is 19.5. The third kappa shape index (κ3) is 6.72. The van der Waals surface area contributed by atoms with Crippen LogP contribution in [0.3, 0.4) is 0 Å². The number of rotatable bonds is 8. The minimum atomic E-state index is -0.565. The number of cyclic esters (lactones) is 1. The summed E-state index contributed by atoms with van der Waals surface area (Å²) in [5.74, 6) is -0.192. The van der Waals surface area contributed by atoms with E-state index in [9.17, 15) is 14.4 Å². The molecule has 1 aromatic rings. The zero-order valence-corrected chi connectivity index (χ0v) is 21.2. The van der Waals surface area contributed by atoms with E-state index in [0.29, 0.717) is 56.5 Å². The van der Waals surface area contributed by atoms with E-state index >= 15 is 4.39 Å². The van der Waals surface area contributed by atoms with E-state index in [1.165, 1.54) is 28.7 Å². The number of carbonyl (C=O) groups excluding carboxylic acids is 3. The van der Waals surface area contributed by atoms with Gasteiger partial charge in [0, 0.05) is 39.6 Å². The smallest absolute Gasteiger partial charge is 0.414 e. The lowest BCUT2D eigenvalue weighted by Crippen LogP contribution is -2.50. The van der Waals surface area contributed by atoms with Crippen LogP contribution >= 0.6 is 21.6 Å². The van der Waals surface area contributed by atoms with E-state index in [0.717, 1.165) is 6.54 Å². The van der Waals surface area contributed by atoms with E-state index in [1.54, 1.807) is 22.9 Å². The van der Waals surface area contributed by atoms with E-state index < -0.39 is 18.0 Å². The van der Waals surface area contributed by atoms with Crippen LogP contribution in [0.25, 0.3) is 0 Å². The SMILES string of the molecule is CC(=O)NCC1CN(c2ccc(N3CCNCC3SSCC(=O)N3CCOCC3)c(F)c2)C(=O)O1. The molecule has 2 unspecified atom stereocenters. The molecule has 3 aliphatic heterocycles. The van der Waals surface area contributed by atoms with Crippen molar-refractivity contribution in [2.75, 3.05) is 74.6 Å². The van der Waals surface area contributed by atoms with Gasteiger partial charge in [-0.3, -0.25) is 14.5 Å². The molecule has 0 spiro atoms. The molecule has 2 N–H and O–H groups in total. The summed E-state index contributed by atoms with van der Waals surface area (Å²) in [5, 5.41) is 5.91. The van der Waals surface area contributed by atoms with Crippen molar-refractivity contribution in [3.8, 4) is 0 Å². The molecule has 13 heteroatoms. The van der Waals surface area contributed by atoms with Gasteiger partial charge in [0.15, 0.2) is 0 Å². The van der Waals surface area contributed by atoms with Gasteiger partial charge in [0.05, 0.1) is 48.8 Å². The van der Waals surface area contributed by atoms with E-state index in [2.05, 4.69) is 10.6 Å². The van der Waals surface area contributed by atoms with Gasteiger partial charge < -0.3 is 29.9 Å². The van der Waals surface area contributed by atoms with Crippen LogP contribution in [-0.4, -0.2) is 99.1 Å². The largest absolute Gasteiger partial charge is 0.442 e. The standard InChI is InChI=1S/C22H30FN5O5S2/c1-15(29)25-11-17-13-28(22(31)33-17)16-2-3-19(18(23)10-16)27-5-4-24-12-21(27)35-34-14-20(30)26-6-8-32-9-7-26/h2-3,10,17,21,24H,4-9,11-14H2,1H3,(H,25,29). The molecule has 0 saturated carbocycles. The van der Waals surface area contributed by atoms with Crippen LogP contribution in [0.5, 0.6) is 0 Å². The number of nitrogens with zero attached hydrogens (tertiary/aromatic N) is 3. The van der Waals surface area contributed by atoms with Crippen LogP contribution in [0, 0.1) is 5.82 Å². The fourth-order valence-corrected chi connectivity index (χ4v) is 6.61. The Bertz CT molecular complexity index is 935. The molecule has 0 aromatic heterocycles. The number of amides is 3. The maximum atomic E-state index is 15.2. The van der Waals surface area contributed by atoms with Crippen LogP contribution < -0.4 is 20.4 Å². The Labute approximate surface area is 211 Å². The van der Waals surface area contributed by atoms with Crippen LogP contribution in [0.4, 0.5) is 20.6 Å². The summed E-state index contributed by atoms with van der Waals surface area (Å²) < 4.78 is 25.8. The van der Waals surface area contributed by atoms with Crippen molar-refractivity contribution < 1.29 is 28.2 Å². The van der Waals surface area contributed by atoms with Crippen LogP contribution in [0.15, 0.2) is 18.2 Å². The second-order valence-corrected chi connectivity index (χ2v) is 10.9. The lowest BCUT2D eigenvalue weighted by Gasteiger charge is -2.37. The van der Waals surface area contributed by atoms with E-state index in [4.69, 9.17) is 9.47 Å². The number of benzene rings is 1. The van der Waals surface area contributed by atoms with Gasteiger partial charge in [-0.1, -0.05) is 21.6 Å². The molecule has 2 atom stereocenters. The molecule has 3 aliphatic rings. The molecule has 10 nitrogen and oxygen atoms in total. The monoisotopic (exact) mass is 527 g/mol. The molecule has 3 fully saturated rings. The van der Waals surface area contributed by atoms with Crippen molar-refractivity contribution in [1.29, 1.82) is 0 Å². The molecule has 35 heavy (non-hydrogen) atoms. The molecule has 4 rings (SSSR count). The lowest BCUT2D eigenvalue weighted by atomic mass is 10.2. The Balaban J connectivity index is 1.35. The number of hydrogen-bond acceptors (Lipinski definition) is 9. The first-order valence-electron chi connectivity index (χ1n) is 11.6. The Morgan fingerprint density at radius 1 is 1.26 bits per heavy atom. The Morgan fingerprint density at radius 3 is 2.80 bits per heavy atom. The van der Waals surface area contributed by atoms with Crippen LogP contribution in [0.1, 0.15) is 6.92 Å². The highest BCUT2D eigenvalue weighted by atomic mass is 33.1. The summed E-state index contributed by atoms with van der Waals surface area (Å²) >= 11 is 0. The molecule has 0 bridgehead atoms. The first-order chi connectivity index (χ1) is 16.9. The van der Waals surface area contributed by atoms with Crippen molar-refractivity contribution >= 4 is 50.9 Å². The third-order valence-corrected chi connectivity index (χ3v) is 8.50. The number of ether oxygens (including phenoxy) is 2. The summed E-state index contributed by atoms with van der Waals surface area (Å²) in [5.41, 5.74) is 0.863. The molecular formula is C22H30FN5O5S2. The maximum Gasteiger partial charge on any atom is 0.414 e. The number of halogens is 1. The van der Waals surface area contributed by atoms with Gasteiger partial charge in [0.2, 0.25) is 11.8 Å².